The van der Waals surface area contributed by atoms with Crippen LogP contribution in [0, 0.1) is 6.92 Å². The summed E-state index contributed by atoms with van der Waals surface area (Å²) in [5, 5.41) is 19.0. The van der Waals surface area contributed by atoms with Crippen molar-refractivity contribution in [3.05, 3.63) is 30.0 Å². The van der Waals surface area contributed by atoms with Gasteiger partial charge in [0, 0.05) is 21.7 Å². The number of aryl methyl sites for hydroxylation is 1. The minimum absolute atomic E-state index is 0.0884. The molecule has 0 saturated carbocycles. The molecule has 2 rings (SSSR count). The van der Waals surface area contributed by atoms with Crippen LogP contribution in [0.25, 0.3) is 10.9 Å². The first-order chi connectivity index (χ1) is 9.51. The van der Waals surface area contributed by atoms with Crippen molar-refractivity contribution < 1.29 is 19.7 Å². The number of rotatable bonds is 5. The Morgan fingerprint density at radius 3 is 2.85 bits per heavy atom. The van der Waals surface area contributed by atoms with Gasteiger partial charge in [0.05, 0.1) is 12.6 Å². The van der Waals surface area contributed by atoms with Gasteiger partial charge in [-0.2, -0.15) is 0 Å². The van der Waals surface area contributed by atoms with Gasteiger partial charge in [-0.05, 0) is 31.2 Å². The minimum Gasteiger partial charge on any atom is -0.497 e. The summed E-state index contributed by atoms with van der Waals surface area (Å²) >= 11 is 1.29. The molecular formula is C14H15NO4S. The third-order valence-electron chi connectivity index (χ3n) is 2.79. The second-order valence-corrected chi connectivity index (χ2v) is 5.37. The van der Waals surface area contributed by atoms with E-state index in [2.05, 4.69) is 4.98 Å². The predicted molar refractivity (Wildman–Crippen MR) is 77.4 cm³/mol. The van der Waals surface area contributed by atoms with Crippen LogP contribution >= 0.6 is 11.8 Å². The third-order valence-corrected chi connectivity index (χ3v) is 3.92. The number of benzene rings is 1. The zero-order chi connectivity index (χ0) is 14.7. The number of aromatic nitrogens is 1. The molecule has 2 N–H and O–H groups in total. The van der Waals surface area contributed by atoms with Crippen LogP contribution in [0.2, 0.25) is 0 Å². The standard InChI is InChI=1S/C14H15NO4S/c1-8-5-13(20-7-12(16)14(17)18)10-6-9(19-2)3-4-11(10)15-8/h3-6,12,16H,7H2,1-2H3,(H,17,18)/t12-/m0/s1. The number of aliphatic carboxylic acids is 1. The molecule has 1 heterocycles. The topological polar surface area (TPSA) is 79.7 Å². The van der Waals surface area contributed by atoms with E-state index in [9.17, 15) is 9.90 Å². The molecule has 0 radical (unpaired) electrons. The minimum atomic E-state index is -1.38. The maximum atomic E-state index is 10.7. The molecule has 2 aromatic rings. The third kappa shape index (κ3) is 3.20. The summed E-state index contributed by atoms with van der Waals surface area (Å²) in [5.74, 6) is -0.417. The molecule has 0 saturated heterocycles. The maximum absolute atomic E-state index is 10.7. The largest absolute Gasteiger partial charge is 0.497 e. The van der Waals surface area contributed by atoms with Gasteiger partial charge in [0.1, 0.15) is 5.75 Å². The lowest BCUT2D eigenvalue weighted by Gasteiger charge is -2.10. The zero-order valence-corrected chi connectivity index (χ0v) is 12.0. The van der Waals surface area contributed by atoms with Crippen molar-refractivity contribution in [3.63, 3.8) is 0 Å². The first kappa shape index (κ1) is 14.6. The van der Waals surface area contributed by atoms with Crippen molar-refractivity contribution >= 4 is 28.6 Å². The number of pyridine rings is 1. The first-order valence-electron chi connectivity index (χ1n) is 6.00. The van der Waals surface area contributed by atoms with Gasteiger partial charge in [0.2, 0.25) is 0 Å². The predicted octanol–water partition coefficient (Wildman–Crippen LogP) is 2.09. The molecule has 0 amide bonds. The van der Waals surface area contributed by atoms with E-state index in [4.69, 9.17) is 9.84 Å². The Morgan fingerprint density at radius 2 is 2.20 bits per heavy atom. The van der Waals surface area contributed by atoms with Crippen molar-refractivity contribution in [1.29, 1.82) is 0 Å². The highest BCUT2D eigenvalue weighted by Crippen LogP contribution is 2.30. The second kappa shape index (κ2) is 6.11. The monoisotopic (exact) mass is 293 g/mol. The van der Waals surface area contributed by atoms with Crippen molar-refractivity contribution in [2.24, 2.45) is 0 Å². The Hall–Kier alpha value is -1.79. The van der Waals surface area contributed by atoms with Crippen molar-refractivity contribution in [3.8, 4) is 5.75 Å². The summed E-state index contributed by atoms with van der Waals surface area (Å²) < 4.78 is 5.19. The molecule has 0 fully saturated rings. The lowest BCUT2D eigenvalue weighted by Crippen LogP contribution is -2.21. The van der Waals surface area contributed by atoms with E-state index < -0.39 is 12.1 Å². The fourth-order valence-corrected chi connectivity index (χ4v) is 2.84. The molecule has 0 aliphatic carbocycles. The lowest BCUT2D eigenvalue weighted by molar-refractivity contribution is -0.145. The summed E-state index contributed by atoms with van der Waals surface area (Å²) in [6.07, 6.45) is -1.38. The number of hydrogen-bond acceptors (Lipinski definition) is 5. The Labute approximate surface area is 120 Å². The Morgan fingerprint density at radius 1 is 1.45 bits per heavy atom. The summed E-state index contributed by atoms with van der Waals surface area (Å²) in [4.78, 5) is 16.0. The van der Waals surface area contributed by atoms with E-state index in [0.29, 0.717) is 5.75 Å². The van der Waals surface area contributed by atoms with Crippen molar-refractivity contribution in [2.45, 2.75) is 17.9 Å². The number of thioether (sulfide) groups is 1. The van der Waals surface area contributed by atoms with Crippen molar-refractivity contribution in [2.75, 3.05) is 12.9 Å². The van der Waals surface area contributed by atoms with Crippen LogP contribution in [0.1, 0.15) is 5.69 Å². The van der Waals surface area contributed by atoms with Crippen LogP contribution < -0.4 is 4.74 Å². The van der Waals surface area contributed by atoms with E-state index in [1.54, 1.807) is 7.11 Å². The SMILES string of the molecule is COc1ccc2nc(C)cc(SC[C@H](O)C(=O)O)c2c1. The molecular weight excluding hydrogens is 278 g/mol. The number of aliphatic hydroxyl groups is 1. The van der Waals surface area contributed by atoms with Crippen LogP contribution in [0.5, 0.6) is 5.75 Å². The van der Waals surface area contributed by atoms with Gasteiger partial charge in [-0.25, -0.2) is 4.79 Å². The second-order valence-electron chi connectivity index (χ2n) is 4.31. The van der Waals surface area contributed by atoms with Gasteiger partial charge >= 0.3 is 5.97 Å². The van der Waals surface area contributed by atoms with Gasteiger partial charge in [-0.1, -0.05) is 0 Å². The molecule has 0 bridgehead atoms. The molecule has 5 nitrogen and oxygen atoms in total. The van der Waals surface area contributed by atoms with Gasteiger partial charge in [-0.3, -0.25) is 4.98 Å². The average molecular weight is 293 g/mol. The maximum Gasteiger partial charge on any atom is 0.333 e. The number of hydrogen-bond donors (Lipinski definition) is 2. The van der Waals surface area contributed by atoms with Crippen LogP contribution in [0.15, 0.2) is 29.2 Å². The van der Waals surface area contributed by atoms with Gasteiger partial charge in [0.25, 0.3) is 0 Å². The van der Waals surface area contributed by atoms with Gasteiger partial charge in [0.15, 0.2) is 6.10 Å². The van der Waals surface area contributed by atoms with Crippen LogP contribution in [0.4, 0.5) is 0 Å². The van der Waals surface area contributed by atoms with Crippen LogP contribution in [-0.2, 0) is 4.79 Å². The number of fused-ring (bicyclic) bond motifs is 1. The first-order valence-corrected chi connectivity index (χ1v) is 6.99. The normalized spacial score (nSPS) is 12.3. The number of aliphatic hydroxyl groups excluding tert-OH is 1. The highest BCUT2D eigenvalue weighted by Gasteiger charge is 2.15. The lowest BCUT2D eigenvalue weighted by atomic mass is 10.2. The number of carbonyl (C=O) groups is 1. The molecule has 6 heteroatoms. The molecule has 106 valence electrons. The Bertz CT molecular complexity index is 644. The van der Waals surface area contributed by atoms with E-state index in [-0.39, 0.29) is 5.75 Å². The Balaban J connectivity index is 2.37. The summed E-state index contributed by atoms with van der Waals surface area (Å²) in [5.41, 5.74) is 1.66. The number of ether oxygens (including phenoxy) is 1. The summed E-state index contributed by atoms with van der Waals surface area (Å²) in [7, 11) is 1.59. The van der Waals surface area contributed by atoms with E-state index in [1.165, 1.54) is 11.8 Å². The van der Waals surface area contributed by atoms with Gasteiger partial charge in [-0.15, -0.1) is 11.8 Å². The number of methoxy groups -OCH3 is 1. The number of carboxylic acid groups (broad SMARTS) is 1. The smallest absolute Gasteiger partial charge is 0.333 e. The van der Waals surface area contributed by atoms with Gasteiger partial charge < -0.3 is 14.9 Å². The van der Waals surface area contributed by atoms with E-state index >= 15 is 0 Å². The quantitative estimate of drug-likeness (QED) is 0.822. The number of carboxylic acids is 1. The van der Waals surface area contributed by atoms with Crippen LogP contribution in [0.3, 0.4) is 0 Å². The molecule has 0 unspecified atom stereocenters. The summed E-state index contributed by atoms with van der Waals surface area (Å²) in [6, 6.07) is 7.42. The molecule has 0 spiro atoms. The fraction of sp³-hybridized carbons (Fsp3) is 0.286. The highest BCUT2D eigenvalue weighted by atomic mass is 32.2. The molecule has 1 atom stereocenters. The fourth-order valence-electron chi connectivity index (χ4n) is 1.79. The van der Waals surface area contributed by atoms with Crippen molar-refractivity contribution in [1.82, 2.24) is 4.98 Å². The number of nitrogens with zero attached hydrogens (tertiary/aromatic N) is 1. The molecule has 0 aliphatic rings. The van der Waals surface area contributed by atoms with E-state index in [1.807, 2.05) is 31.2 Å². The zero-order valence-electron chi connectivity index (χ0n) is 11.2. The molecule has 0 aliphatic heterocycles. The average Bonchev–Trinajstić information content (AvgIpc) is 2.43. The highest BCUT2D eigenvalue weighted by molar-refractivity contribution is 7.99. The van der Waals surface area contributed by atoms with E-state index in [0.717, 1.165) is 21.5 Å². The Kier molecular flexibility index (Phi) is 4.46. The molecule has 1 aromatic heterocycles. The molecule has 1 aromatic carbocycles. The summed E-state index contributed by atoms with van der Waals surface area (Å²) in [6.45, 7) is 1.88. The van der Waals surface area contributed by atoms with Crippen LogP contribution in [-0.4, -0.2) is 40.1 Å². The molecule has 20 heavy (non-hydrogen) atoms.